The van der Waals surface area contributed by atoms with Crippen molar-refractivity contribution in [2.24, 2.45) is 0 Å². The lowest BCUT2D eigenvalue weighted by Crippen LogP contribution is -2.52. The number of hydrogen-bond acceptors (Lipinski definition) is 3. The molecule has 0 spiro atoms. The van der Waals surface area contributed by atoms with Crippen molar-refractivity contribution in [3.63, 3.8) is 0 Å². The highest BCUT2D eigenvalue weighted by Crippen LogP contribution is 2.29. The molecular formula is C14H26N2O. The number of aliphatic hydroxyl groups is 1. The van der Waals surface area contributed by atoms with E-state index in [1.165, 1.54) is 58.0 Å². The summed E-state index contributed by atoms with van der Waals surface area (Å²) < 4.78 is 0. The van der Waals surface area contributed by atoms with E-state index in [0.29, 0.717) is 12.1 Å². The molecule has 2 aliphatic heterocycles. The maximum atomic E-state index is 10.0. The zero-order valence-electron chi connectivity index (χ0n) is 10.8. The molecule has 0 aromatic rings. The lowest BCUT2D eigenvalue weighted by atomic mass is 9.90. The molecule has 3 fully saturated rings. The summed E-state index contributed by atoms with van der Waals surface area (Å²) >= 11 is 0. The lowest BCUT2D eigenvalue weighted by molar-refractivity contribution is 0.0781. The smallest absolute Gasteiger partial charge is 0.0693 e. The monoisotopic (exact) mass is 238 g/mol. The zero-order valence-corrected chi connectivity index (χ0v) is 10.8. The van der Waals surface area contributed by atoms with Crippen LogP contribution in [0.5, 0.6) is 0 Å². The van der Waals surface area contributed by atoms with Crippen molar-refractivity contribution in [2.75, 3.05) is 13.1 Å². The molecule has 3 heteroatoms. The Kier molecular flexibility index (Phi) is 3.69. The van der Waals surface area contributed by atoms with Crippen LogP contribution in [-0.4, -0.2) is 47.3 Å². The van der Waals surface area contributed by atoms with Crippen LogP contribution in [-0.2, 0) is 0 Å². The summed E-state index contributed by atoms with van der Waals surface area (Å²) in [5.41, 5.74) is 0. The van der Waals surface area contributed by atoms with Gasteiger partial charge in [-0.1, -0.05) is 19.3 Å². The quantitative estimate of drug-likeness (QED) is 0.765. The molecule has 0 amide bonds. The first-order chi connectivity index (χ1) is 8.34. The second-order valence-corrected chi connectivity index (χ2v) is 6.12. The first-order valence-electron chi connectivity index (χ1n) is 7.53. The maximum absolute atomic E-state index is 10.0. The third kappa shape index (κ3) is 2.51. The maximum Gasteiger partial charge on any atom is 0.0693 e. The highest BCUT2D eigenvalue weighted by molar-refractivity contribution is 4.96. The Morgan fingerprint density at radius 1 is 0.824 bits per heavy atom. The third-order valence-corrected chi connectivity index (χ3v) is 5.01. The Hall–Kier alpha value is -0.120. The van der Waals surface area contributed by atoms with Crippen molar-refractivity contribution in [3.05, 3.63) is 0 Å². The normalized spacial score (nSPS) is 43.6. The van der Waals surface area contributed by atoms with Crippen LogP contribution < -0.4 is 5.32 Å². The van der Waals surface area contributed by atoms with Crippen molar-refractivity contribution in [3.8, 4) is 0 Å². The fourth-order valence-corrected chi connectivity index (χ4v) is 4.02. The third-order valence-electron chi connectivity index (χ3n) is 5.01. The van der Waals surface area contributed by atoms with Gasteiger partial charge in [0.1, 0.15) is 0 Å². The molecule has 3 aliphatic rings. The van der Waals surface area contributed by atoms with E-state index in [-0.39, 0.29) is 6.10 Å². The fourth-order valence-electron chi connectivity index (χ4n) is 4.02. The molecule has 3 nitrogen and oxygen atoms in total. The van der Waals surface area contributed by atoms with Crippen molar-refractivity contribution < 1.29 is 5.11 Å². The summed E-state index contributed by atoms with van der Waals surface area (Å²) in [6.45, 7) is 2.57. The van der Waals surface area contributed by atoms with Gasteiger partial charge in [0.25, 0.3) is 0 Å². The van der Waals surface area contributed by atoms with E-state index in [4.69, 9.17) is 0 Å². The number of nitrogens with one attached hydrogen (secondary N) is 1. The standard InChI is InChI=1S/C14H26N2O/c17-14-7-2-1-5-12(14)15-11-8-10-16-9-4-3-6-13(11)16/h11-15,17H,1-10H2. The van der Waals surface area contributed by atoms with Crippen LogP contribution in [0, 0.1) is 0 Å². The van der Waals surface area contributed by atoms with Crippen LogP contribution in [0.3, 0.4) is 0 Å². The van der Waals surface area contributed by atoms with E-state index in [1.54, 1.807) is 0 Å². The van der Waals surface area contributed by atoms with Crippen molar-refractivity contribution in [1.29, 1.82) is 0 Å². The second-order valence-electron chi connectivity index (χ2n) is 6.12. The Bertz CT molecular complexity index is 259. The summed E-state index contributed by atoms with van der Waals surface area (Å²) in [6.07, 6.45) is 10.00. The van der Waals surface area contributed by atoms with E-state index < -0.39 is 0 Å². The molecule has 1 aliphatic carbocycles. The molecule has 0 radical (unpaired) electrons. The number of rotatable bonds is 2. The van der Waals surface area contributed by atoms with Crippen molar-refractivity contribution >= 4 is 0 Å². The minimum atomic E-state index is -0.0959. The van der Waals surface area contributed by atoms with Crippen molar-refractivity contribution in [2.45, 2.75) is 75.6 Å². The molecular weight excluding hydrogens is 212 g/mol. The van der Waals surface area contributed by atoms with Crippen LogP contribution in [0.4, 0.5) is 0 Å². The summed E-state index contributed by atoms with van der Waals surface area (Å²) in [5, 5.41) is 13.8. The van der Waals surface area contributed by atoms with Gasteiger partial charge in [0.2, 0.25) is 0 Å². The molecule has 0 aromatic heterocycles. The molecule has 2 N–H and O–H groups in total. The van der Waals surface area contributed by atoms with E-state index in [9.17, 15) is 5.11 Å². The average Bonchev–Trinajstić information content (AvgIpc) is 2.76. The number of nitrogens with zero attached hydrogens (tertiary/aromatic N) is 1. The summed E-state index contributed by atoms with van der Waals surface area (Å²) in [4.78, 5) is 2.66. The Morgan fingerprint density at radius 3 is 2.53 bits per heavy atom. The molecule has 17 heavy (non-hydrogen) atoms. The zero-order chi connectivity index (χ0) is 11.7. The van der Waals surface area contributed by atoms with E-state index in [2.05, 4.69) is 10.2 Å². The topological polar surface area (TPSA) is 35.5 Å². The van der Waals surface area contributed by atoms with E-state index in [0.717, 1.165) is 12.5 Å². The molecule has 2 saturated heterocycles. The molecule has 4 atom stereocenters. The second kappa shape index (κ2) is 5.25. The van der Waals surface area contributed by atoms with E-state index in [1.807, 2.05) is 0 Å². The molecule has 1 saturated carbocycles. The fraction of sp³-hybridized carbons (Fsp3) is 1.00. The number of aliphatic hydroxyl groups excluding tert-OH is 1. The molecule has 0 bridgehead atoms. The molecule has 2 heterocycles. The van der Waals surface area contributed by atoms with Crippen molar-refractivity contribution in [1.82, 2.24) is 10.2 Å². The summed E-state index contributed by atoms with van der Waals surface area (Å²) in [6, 6.07) is 1.78. The Balaban J connectivity index is 1.57. The van der Waals surface area contributed by atoms with Crippen LogP contribution in [0.15, 0.2) is 0 Å². The van der Waals surface area contributed by atoms with Crippen LogP contribution in [0.2, 0.25) is 0 Å². The SMILES string of the molecule is OC1CCCCC1NC1CCN2CCCCC12. The van der Waals surface area contributed by atoms with Gasteiger partial charge in [-0.15, -0.1) is 0 Å². The minimum Gasteiger partial charge on any atom is -0.392 e. The van der Waals surface area contributed by atoms with Crippen LogP contribution >= 0.6 is 0 Å². The number of fused-ring (bicyclic) bond motifs is 1. The van der Waals surface area contributed by atoms with Gasteiger partial charge in [-0.3, -0.25) is 4.90 Å². The summed E-state index contributed by atoms with van der Waals surface area (Å²) in [5.74, 6) is 0. The molecule has 4 unspecified atom stereocenters. The van der Waals surface area contributed by atoms with Gasteiger partial charge < -0.3 is 10.4 Å². The van der Waals surface area contributed by atoms with Gasteiger partial charge in [-0.2, -0.15) is 0 Å². The first kappa shape index (κ1) is 11.9. The van der Waals surface area contributed by atoms with Gasteiger partial charge in [0, 0.05) is 24.7 Å². The highest BCUT2D eigenvalue weighted by atomic mass is 16.3. The van der Waals surface area contributed by atoms with E-state index >= 15 is 0 Å². The van der Waals surface area contributed by atoms with Gasteiger partial charge in [0.15, 0.2) is 0 Å². The largest absolute Gasteiger partial charge is 0.392 e. The first-order valence-corrected chi connectivity index (χ1v) is 7.53. The Morgan fingerprint density at radius 2 is 1.65 bits per heavy atom. The van der Waals surface area contributed by atoms with Gasteiger partial charge >= 0.3 is 0 Å². The van der Waals surface area contributed by atoms with Crippen LogP contribution in [0.25, 0.3) is 0 Å². The molecule has 3 rings (SSSR count). The van der Waals surface area contributed by atoms with Crippen LogP contribution in [0.1, 0.15) is 51.4 Å². The van der Waals surface area contributed by atoms with Gasteiger partial charge in [-0.05, 0) is 38.6 Å². The average molecular weight is 238 g/mol. The predicted molar refractivity (Wildman–Crippen MR) is 69.0 cm³/mol. The lowest BCUT2D eigenvalue weighted by Gasteiger charge is -2.36. The summed E-state index contributed by atoms with van der Waals surface area (Å²) in [7, 11) is 0. The predicted octanol–water partition coefficient (Wildman–Crippen LogP) is 1.51. The molecule has 98 valence electrons. The van der Waals surface area contributed by atoms with Gasteiger partial charge in [-0.25, -0.2) is 0 Å². The Labute approximate surface area is 105 Å². The minimum absolute atomic E-state index is 0.0959. The highest BCUT2D eigenvalue weighted by Gasteiger charge is 2.37. The molecule has 0 aromatic carbocycles. The van der Waals surface area contributed by atoms with Gasteiger partial charge in [0.05, 0.1) is 6.10 Å². The number of hydrogen-bond donors (Lipinski definition) is 2. The number of piperidine rings is 1.